The Kier molecular flexibility index (Phi) is 4.14. The van der Waals surface area contributed by atoms with Crippen LogP contribution < -0.4 is 0 Å². The summed E-state index contributed by atoms with van der Waals surface area (Å²) in [6.07, 6.45) is -1.12. The lowest BCUT2D eigenvalue weighted by Crippen LogP contribution is -2.49. The zero-order valence-electron chi connectivity index (χ0n) is 11.4. The van der Waals surface area contributed by atoms with Crippen molar-refractivity contribution in [1.29, 1.82) is 0 Å². The minimum Gasteiger partial charge on any atom is -0.372 e. The number of piperidine rings is 1. The van der Waals surface area contributed by atoms with Gasteiger partial charge < -0.3 is 9.64 Å². The first-order chi connectivity index (χ1) is 8.97. The first-order valence-corrected chi connectivity index (χ1v) is 6.45. The van der Waals surface area contributed by atoms with Gasteiger partial charge in [-0.1, -0.05) is 0 Å². The molecular weight excluding hydrogens is 251 g/mol. The number of hydrogen-bond donors (Lipinski definition) is 1. The molecule has 0 aliphatic carbocycles. The average molecular weight is 270 g/mol. The van der Waals surface area contributed by atoms with Gasteiger partial charge in [0.25, 0.3) is 5.91 Å². The molecule has 2 heterocycles. The molecule has 2 atom stereocenters. The van der Waals surface area contributed by atoms with Gasteiger partial charge in [-0.05, 0) is 27.2 Å². The van der Waals surface area contributed by atoms with Gasteiger partial charge in [0, 0.05) is 6.54 Å². The molecule has 2 rings (SSSR count). The van der Waals surface area contributed by atoms with Gasteiger partial charge in [-0.2, -0.15) is 0 Å². The Balaban J connectivity index is 1.96. The van der Waals surface area contributed by atoms with Gasteiger partial charge in [-0.15, -0.1) is 5.10 Å². The lowest BCUT2D eigenvalue weighted by molar-refractivity contribution is -0.0667. The molecule has 1 saturated heterocycles. The Labute approximate surface area is 111 Å². The molecule has 1 aromatic heterocycles. The molecule has 0 unspecified atom stereocenters. The number of likely N-dealkylation sites (tertiary alicyclic amines) is 1. The third-order valence-corrected chi connectivity index (χ3v) is 3.00. The predicted molar refractivity (Wildman–Crippen MR) is 66.5 cm³/mol. The normalized spacial score (nSPS) is 23.9. The lowest BCUT2D eigenvalue weighted by atomic mass is 10.1. The molecule has 6 nitrogen and oxygen atoms in total. The number of carbonyl (C=O) groups excluding carboxylic acids is 1. The van der Waals surface area contributed by atoms with E-state index in [2.05, 4.69) is 15.2 Å². The highest BCUT2D eigenvalue weighted by Crippen LogP contribution is 2.19. The molecule has 0 aromatic carbocycles. The highest BCUT2D eigenvalue weighted by molar-refractivity contribution is 5.90. The van der Waals surface area contributed by atoms with Crippen molar-refractivity contribution in [2.75, 3.05) is 13.1 Å². The quantitative estimate of drug-likeness (QED) is 0.892. The minimum atomic E-state index is -1.17. The summed E-state index contributed by atoms with van der Waals surface area (Å²) in [5, 5.41) is 6.41. The van der Waals surface area contributed by atoms with Crippen molar-refractivity contribution < 1.29 is 13.9 Å². The van der Waals surface area contributed by atoms with E-state index in [0.717, 1.165) is 0 Å². The zero-order chi connectivity index (χ0) is 14.0. The third-order valence-electron chi connectivity index (χ3n) is 3.00. The van der Waals surface area contributed by atoms with E-state index in [4.69, 9.17) is 4.74 Å². The second kappa shape index (κ2) is 5.64. The number of rotatable bonds is 3. The summed E-state index contributed by atoms with van der Waals surface area (Å²) in [5.74, 6) is 0.320. The Bertz CT molecular complexity index is 449. The number of carbonyl (C=O) groups is 1. The Morgan fingerprint density at radius 1 is 1.58 bits per heavy atom. The predicted octanol–water partition coefficient (Wildman–Crippen LogP) is 1.09. The molecule has 19 heavy (non-hydrogen) atoms. The van der Waals surface area contributed by atoms with E-state index < -0.39 is 12.3 Å². The molecule has 0 saturated carbocycles. The number of halogens is 1. The van der Waals surface area contributed by atoms with Crippen molar-refractivity contribution in [1.82, 2.24) is 20.1 Å². The first-order valence-electron chi connectivity index (χ1n) is 6.45. The molecule has 1 fully saturated rings. The van der Waals surface area contributed by atoms with E-state index in [0.29, 0.717) is 18.8 Å². The maximum absolute atomic E-state index is 14.0. The monoisotopic (exact) mass is 270 g/mol. The van der Waals surface area contributed by atoms with Crippen LogP contribution in [-0.2, 0) is 4.74 Å². The van der Waals surface area contributed by atoms with Gasteiger partial charge in [0.1, 0.15) is 12.0 Å². The Morgan fingerprint density at radius 3 is 2.84 bits per heavy atom. The standard InChI is InChI=1S/C12H19FN4O2/c1-7(2)19-10-4-5-17(6-9(10)13)12(18)11-14-8(3)15-16-11/h7,9-10H,4-6H2,1-3H3,(H,14,15,16)/t9-,10+/m1/s1. The fourth-order valence-electron chi connectivity index (χ4n) is 2.15. The van der Waals surface area contributed by atoms with E-state index in [1.54, 1.807) is 6.92 Å². The van der Waals surface area contributed by atoms with Crippen LogP contribution in [0.2, 0.25) is 0 Å². The summed E-state index contributed by atoms with van der Waals surface area (Å²) < 4.78 is 19.5. The summed E-state index contributed by atoms with van der Waals surface area (Å²) in [5.41, 5.74) is 0. The minimum absolute atomic E-state index is 0.0128. The average Bonchev–Trinajstić information content (AvgIpc) is 2.77. The number of nitrogens with one attached hydrogen (secondary N) is 1. The van der Waals surface area contributed by atoms with Crippen LogP contribution in [0.4, 0.5) is 4.39 Å². The van der Waals surface area contributed by atoms with Crippen LogP contribution in [0.5, 0.6) is 0 Å². The first kappa shape index (κ1) is 13.9. The van der Waals surface area contributed by atoms with Gasteiger partial charge in [0.05, 0.1) is 18.8 Å². The summed E-state index contributed by atoms with van der Waals surface area (Å²) in [4.78, 5) is 17.5. The number of aromatic amines is 1. The van der Waals surface area contributed by atoms with Crippen LogP contribution in [0, 0.1) is 6.92 Å². The molecule has 0 radical (unpaired) electrons. The molecule has 0 spiro atoms. The second-order valence-electron chi connectivity index (χ2n) is 5.02. The Hall–Kier alpha value is -1.50. The second-order valence-corrected chi connectivity index (χ2v) is 5.02. The molecule has 106 valence electrons. The van der Waals surface area contributed by atoms with E-state index >= 15 is 0 Å². The number of H-pyrrole nitrogens is 1. The van der Waals surface area contributed by atoms with Crippen molar-refractivity contribution in [3.63, 3.8) is 0 Å². The molecule has 0 bridgehead atoms. The topological polar surface area (TPSA) is 71.1 Å². The fourth-order valence-corrected chi connectivity index (χ4v) is 2.15. The largest absolute Gasteiger partial charge is 0.372 e. The van der Waals surface area contributed by atoms with Crippen LogP contribution in [0.3, 0.4) is 0 Å². The van der Waals surface area contributed by atoms with E-state index in [1.807, 2.05) is 13.8 Å². The number of aromatic nitrogens is 3. The van der Waals surface area contributed by atoms with Crippen molar-refractivity contribution in [2.24, 2.45) is 0 Å². The number of aryl methyl sites for hydroxylation is 1. The van der Waals surface area contributed by atoms with Crippen molar-refractivity contribution in [3.8, 4) is 0 Å². The van der Waals surface area contributed by atoms with Crippen molar-refractivity contribution >= 4 is 5.91 Å². The highest BCUT2D eigenvalue weighted by Gasteiger charge is 2.34. The van der Waals surface area contributed by atoms with Crippen LogP contribution in [-0.4, -0.2) is 57.5 Å². The SMILES string of the molecule is Cc1nc(C(=O)N2CC[C@H](OC(C)C)[C@H](F)C2)n[nH]1. The van der Waals surface area contributed by atoms with Crippen molar-refractivity contribution in [3.05, 3.63) is 11.6 Å². The summed E-state index contributed by atoms with van der Waals surface area (Å²) >= 11 is 0. The number of nitrogens with zero attached hydrogens (tertiary/aromatic N) is 3. The lowest BCUT2D eigenvalue weighted by Gasteiger charge is -2.34. The number of amides is 1. The van der Waals surface area contributed by atoms with Gasteiger partial charge in [0.2, 0.25) is 5.82 Å². The summed E-state index contributed by atoms with van der Waals surface area (Å²) in [6, 6.07) is 0. The molecule has 1 aliphatic heterocycles. The Morgan fingerprint density at radius 2 is 2.32 bits per heavy atom. The molecule has 1 aromatic rings. The maximum atomic E-state index is 14.0. The molecule has 1 amide bonds. The smallest absolute Gasteiger partial charge is 0.293 e. The summed E-state index contributed by atoms with van der Waals surface area (Å²) in [6.45, 7) is 5.96. The number of alkyl halides is 1. The van der Waals surface area contributed by atoms with Crippen molar-refractivity contribution in [2.45, 2.75) is 45.6 Å². The highest BCUT2D eigenvalue weighted by atomic mass is 19.1. The van der Waals surface area contributed by atoms with E-state index in [9.17, 15) is 9.18 Å². The molecule has 1 aliphatic rings. The molecule has 7 heteroatoms. The molecule has 1 N–H and O–H groups in total. The van der Waals surface area contributed by atoms with E-state index in [-0.39, 0.29) is 24.4 Å². The fraction of sp³-hybridized carbons (Fsp3) is 0.750. The van der Waals surface area contributed by atoms with Gasteiger partial charge in [0.15, 0.2) is 0 Å². The van der Waals surface area contributed by atoms with Crippen LogP contribution >= 0.6 is 0 Å². The third kappa shape index (κ3) is 3.28. The zero-order valence-corrected chi connectivity index (χ0v) is 11.4. The van der Waals surface area contributed by atoms with E-state index in [1.165, 1.54) is 4.90 Å². The molecular formula is C12H19FN4O2. The van der Waals surface area contributed by atoms with Gasteiger partial charge in [-0.25, -0.2) is 9.37 Å². The van der Waals surface area contributed by atoms with Gasteiger partial charge >= 0.3 is 0 Å². The number of hydrogen-bond acceptors (Lipinski definition) is 4. The van der Waals surface area contributed by atoms with Crippen LogP contribution in [0.15, 0.2) is 0 Å². The van der Waals surface area contributed by atoms with Crippen LogP contribution in [0.1, 0.15) is 36.7 Å². The van der Waals surface area contributed by atoms with Crippen LogP contribution in [0.25, 0.3) is 0 Å². The summed E-state index contributed by atoms with van der Waals surface area (Å²) in [7, 11) is 0. The maximum Gasteiger partial charge on any atom is 0.293 e. The number of ether oxygens (including phenoxy) is 1. The van der Waals surface area contributed by atoms with Gasteiger partial charge in [-0.3, -0.25) is 9.89 Å².